The third-order valence-electron chi connectivity index (χ3n) is 3.24. The molecule has 0 aliphatic rings. The van der Waals surface area contributed by atoms with Gasteiger partial charge in [0, 0.05) is 5.57 Å². The van der Waals surface area contributed by atoms with Crippen LogP contribution in [0.2, 0.25) is 0 Å². The number of ether oxygens (including phenoxy) is 1. The van der Waals surface area contributed by atoms with Gasteiger partial charge in [-0.25, -0.2) is 4.79 Å². The molecular formula is C16H30O2. The van der Waals surface area contributed by atoms with E-state index in [1.807, 2.05) is 6.92 Å². The molecule has 0 fully saturated rings. The number of carbonyl (C=O) groups is 1. The average Bonchev–Trinajstić information content (AvgIpc) is 2.39. The lowest BCUT2D eigenvalue weighted by Gasteiger charge is -2.04. The first-order valence-corrected chi connectivity index (χ1v) is 7.52. The maximum Gasteiger partial charge on any atom is 0.333 e. The van der Waals surface area contributed by atoms with Crippen molar-refractivity contribution < 1.29 is 9.53 Å². The van der Waals surface area contributed by atoms with Crippen LogP contribution in [0.25, 0.3) is 0 Å². The molecule has 0 unspecified atom stereocenters. The van der Waals surface area contributed by atoms with Crippen molar-refractivity contribution in [3.63, 3.8) is 0 Å². The lowest BCUT2D eigenvalue weighted by Crippen LogP contribution is -2.06. The highest BCUT2D eigenvalue weighted by Gasteiger charge is 2.03. The van der Waals surface area contributed by atoms with Crippen LogP contribution >= 0.6 is 0 Å². The lowest BCUT2D eigenvalue weighted by atomic mass is 10.1. The van der Waals surface area contributed by atoms with Gasteiger partial charge < -0.3 is 4.74 Å². The molecule has 0 aromatic carbocycles. The fraction of sp³-hybridized carbons (Fsp3) is 0.812. The van der Waals surface area contributed by atoms with Gasteiger partial charge in [-0.3, -0.25) is 0 Å². The van der Waals surface area contributed by atoms with E-state index < -0.39 is 0 Å². The molecule has 0 saturated carbocycles. The van der Waals surface area contributed by atoms with Crippen LogP contribution in [0, 0.1) is 0 Å². The van der Waals surface area contributed by atoms with Crippen molar-refractivity contribution in [2.75, 3.05) is 6.61 Å². The van der Waals surface area contributed by atoms with E-state index in [0.29, 0.717) is 12.2 Å². The third-order valence-corrected chi connectivity index (χ3v) is 3.24. The van der Waals surface area contributed by atoms with Gasteiger partial charge in [0.2, 0.25) is 0 Å². The van der Waals surface area contributed by atoms with Crippen molar-refractivity contribution in [2.45, 2.75) is 78.6 Å². The summed E-state index contributed by atoms with van der Waals surface area (Å²) in [6.07, 6.45) is 13.4. The summed E-state index contributed by atoms with van der Waals surface area (Å²) >= 11 is 0. The Hall–Kier alpha value is -0.790. The molecule has 2 heteroatoms. The normalized spacial score (nSPS) is 11.6. The van der Waals surface area contributed by atoms with Gasteiger partial charge in [-0.05, 0) is 20.3 Å². The summed E-state index contributed by atoms with van der Waals surface area (Å²) in [7, 11) is 0. The highest BCUT2D eigenvalue weighted by Crippen LogP contribution is 2.09. The standard InChI is InChI=1S/C16H30O2/c1-4-6-7-8-9-10-11-12-13-14-18-16(17)15(3)5-2/h5H,4,6-14H2,1-3H3. The highest BCUT2D eigenvalue weighted by molar-refractivity contribution is 5.87. The van der Waals surface area contributed by atoms with Gasteiger partial charge in [-0.15, -0.1) is 0 Å². The predicted molar refractivity (Wildman–Crippen MR) is 77.6 cm³/mol. The first-order valence-electron chi connectivity index (χ1n) is 7.52. The van der Waals surface area contributed by atoms with Crippen LogP contribution in [-0.4, -0.2) is 12.6 Å². The Kier molecular flexibility index (Phi) is 12.1. The minimum absolute atomic E-state index is 0.169. The van der Waals surface area contributed by atoms with E-state index >= 15 is 0 Å². The van der Waals surface area contributed by atoms with E-state index in [2.05, 4.69) is 6.92 Å². The lowest BCUT2D eigenvalue weighted by molar-refractivity contribution is -0.139. The first-order chi connectivity index (χ1) is 8.72. The highest BCUT2D eigenvalue weighted by atomic mass is 16.5. The second-order valence-corrected chi connectivity index (χ2v) is 4.94. The fourth-order valence-electron chi connectivity index (χ4n) is 1.81. The molecule has 0 saturated heterocycles. The summed E-state index contributed by atoms with van der Waals surface area (Å²) in [5, 5.41) is 0. The van der Waals surface area contributed by atoms with Crippen molar-refractivity contribution >= 4 is 5.97 Å². The molecule has 0 aromatic rings. The monoisotopic (exact) mass is 254 g/mol. The van der Waals surface area contributed by atoms with Crippen molar-refractivity contribution in [2.24, 2.45) is 0 Å². The largest absolute Gasteiger partial charge is 0.462 e. The van der Waals surface area contributed by atoms with Crippen LogP contribution in [0.5, 0.6) is 0 Å². The fourth-order valence-corrected chi connectivity index (χ4v) is 1.81. The number of allylic oxidation sites excluding steroid dienone is 1. The molecule has 0 aromatic heterocycles. The molecule has 18 heavy (non-hydrogen) atoms. The van der Waals surface area contributed by atoms with Crippen LogP contribution < -0.4 is 0 Å². The molecule has 0 radical (unpaired) electrons. The van der Waals surface area contributed by atoms with Crippen molar-refractivity contribution in [1.29, 1.82) is 0 Å². The van der Waals surface area contributed by atoms with E-state index in [1.165, 1.54) is 51.4 Å². The molecule has 0 bridgehead atoms. The Morgan fingerprint density at radius 3 is 1.94 bits per heavy atom. The Balaban J connectivity index is 3.19. The number of esters is 1. The number of rotatable bonds is 11. The minimum atomic E-state index is -0.169. The number of hydrogen-bond donors (Lipinski definition) is 0. The van der Waals surface area contributed by atoms with Crippen molar-refractivity contribution in [3.8, 4) is 0 Å². The van der Waals surface area contributed by atoms with Crippen molar-refractivity contribution in [3.05, 3.63) is 11.6 Å². The zero-order valence-electron chi connectivity index (χ0n) is 12.5. The summed E-state index contributed by atoms with van der Waals surface area (Å²) in [5.74, 6) is -0.169. The predicted octanol–water partition coefficient (Wildman–Crippen LogP) is 5.03. The van der Waals surface area contributed by atoms with Gasteiger partial charge >= 0.3 is 5.97 Å². The van der Waals surface area contributed by atoms with Gasteiger partial charge in [0.1, 0.15) is 0 Å². The van der Waals surface area contributed by atoms with Gasteiger partial charge in [0.15, 0.2) is 0 Å². The van der Waals surface area contributed by atoms with Crippen LogP contribution in [0.4, 0.5) is 0 Å². The Morgan fingerprint density at radius 2 is 1.44 bits per heavy atom. The Bertz CT molecular complexity index is 231. The van der Waals surface area contributed by atoms with E-state index in [1.54, 1.807) is 13.0 Å². The molecule has 0 spiro atoms. The second-order valence-electron chi connectivity index (χ2n) is 4.94. The SMILES string of the molecule is CC=C(C)C(=O)OCCCCCCCCCCC. The molecule has 0 heterocycles. The van der Waals surface area contributed by atoms with Crippen LogP contribution in [0.15, 0.2) is 11.6 Å². The number of carbonyl (C=O) groups excluding carboxylic acids is 1. The average molecular weight is 254 g/mol. The molecule has 0 aliphatic heterocycles. The molecular weight excluding hydrogens is 224 g/mol. The Labute approximate surface area is 113 Å². The smallest absolute Gasteiger partial charge is 0.333 e. The third kappa shape index (κ3) is 10.4. The van der Waals surface area contributed by atoms with Gasteiger partial charge in [0.05, 0.1) is 6.61 Å². The summed E-state index contributed by atoms with van der Waals surface area (Å²) in [5.41, 5.74) is 0.700. The molecule has 0 atom stereocenters. The minimum Gasteiger partial charge on any atom is -0.462 e. The summed E-state index contributed by atoms with van der Waals surface area (Å²) in [6, 6.07) is 0. The summed E-state index contributed by atoms with van der Waals surface area (Å²) in [6.45, 7) is 6.46. The molecule has 0 amide bonds. The van der Waals surface area contributed by atoms with E-state index in [9.17, 15) is 4.79 Å². The van der Waals surface area contributed by atoms with Gasteiger partial charge in [-0.2, -0.15) is 0 Å². The summed E-state index contributed by atoms with van der Waals surface area (Å²) < 4.78 is 5.15. The second kappa shape index (κ2) is 12.7. The van der Waals surface area contributed by atoms with E-state index in [0.717, 1.165) is 6.42 Å². The molecule has 0 rings (SSSR count). The maximum absolute atomic E-state index is 11.3. The first kappa shape index (κ1) is 17.2. The molecule has 0 aliphatic carbocycles. The van der Waals surface area contributed by atoms with Gasteiger partial charge in [-0.1, -0.05) is 64.4 Å². The maximum atomic E-state index is 11.3. The Morgan fingerprint density at radius 1 is 0.944 bits per heavy atom. The molecule has 0 N–H and O–H groups in total. The molecule has 2 nitrogen and oxygen atoms in total. The number of hydrogen-bond acceptors (Lipinski definition) is 2. The van der Waals surface area contributed by atoms with Crippen LogP contribution in [0.1, 0.15) is 78.6 Å². The van der Waals surface area contributed by atoms with Crippen LogP contribution in [0.3, 0.4) is 0 Å². The quantitative estimate of drug-likeness (QED) is 0.294. The topological polar surface area (TPSA) is 26.3 Å². The summed E-state index contributed by atoms with van der Waals surface area (Å²) in [4.78, 5) is 11.3. The number of unbranched alkanes of at least 4 members (excludes halogenated alkanes) is 8. The van der Waals surface area contributed by atoms with Crippen molar-refractivity contribution in [1.82, 2.24) is 0 Å². The van der Waals surface area contributed by atoms with E-state index in [-0.39, 0.29) is 5.97 Å². The zero-order valence-corrected chi connectivity index (χ0v) is 12.5. The van der Waals surface area contributed by atoms with E-state index in [4.69, 9.17) is 4.74 Å². The van der Waals surface area contributed by atoms with Gasteiger partial charge in [0.25, 0.3) is 0 Å². The molecule has 106 valence electrons. The van der Waals surface area contributed by atoms with Crippen LogP contribution in [-0.2, 0) is 9.53 Å². The zero-order chi connectivity index (χ0) is 13.6.